The summed E-state index contributed by atoms with van der Waals surface area (Å²) in [5, 5.41) is 8.92. The van der Waals surface area contributed by atoms with E-state index in [1.807, 2.05) is 6.07 Å². The van der Waals surface area contributed by atoms with E-state index in [1.165, 1.54) is 5.56 Å². The molecule has 80 valence electrons. The maximum Gasteiger partial charge on any atom is 0.304 e. The van der Waals surface area contributed by atoms with Gasteiger partial charge in [0, 0.05) is 24.4 Å². The molecule has 0 saturated carbocycles. The van der Waals surface area contributed by atoms with E-state index in [1.54, 1.807) is 12.4 Å². The van der Waals surface area contributed by atoms with Gasteiger partial charge in [-0.15, -0.1) is 0 Å². The van der Waals surface area contributed by atoms with Crippen molar-refractivity contribution in [3.05, 3.63) is 29.6 Å². The third-order valence-corrected chi connectivity index (χ3v) is 3.24. The van der Waals surface area contributed by atoms with E-state index in [-0.39, 0.29) is 6.42 Å². The van der Waals surface area contributed by atoms with Crippen LogP contribution in [-0.2, 0) is 16.6 Å². The topological polar surface area (TPSA) is 76.2 Å². The van der Waals surface area contributed by atoms with Crippen LogP contribution in [0.25, 0.3) is 0 Å². The number of nitrogens with two attached hydrogens (primary N) is 1. The van der Waals surface area contributed by atoms with Gasteiger partial charge in [0.15, 0.2) is 0 Å². The first-order valence-corrected chi connectivity index (χ1v) is 5.03. The summed E-state index contributed by atoms with van der Waals surface area (Å²) in [5.74, 6) is -0.794. The quantitative estimate of drug-likeness (QED) is 0.763. The number of fused-ring (bicyclic) bond motifs is 1. The van der Waals surface area contributed by atoms with Crippen molar-refractivity contribution in [1.29, 1.82) is 0 Å². The Morgan fingerprint density at radius 2 is 2.47 bits per heavy atom. The van der Waals surface area contributed by atoms with Crippen LogP contribution in [0.5, 0.6) is 0 Å². The molecular weight excluding hydrogens is 192 g/mol. The molecule has 15 heavy (non-hydrogen) atoms. The minimum absolute atomic E-state index is 0.0994. The highest BCUT2D eigenvalue weighted by Crippen LogP contribution is 2.40. The number of nitrogens with zero attached hydrogens (tertiary/aromatic N) is 1. The molecule has 0 saturated heterocycles. The largest absolute Gasteiger partial charge is 0.481 e. The van der Waals surface area contributed by atoms with Crippen LogP contribution in [0.2, 0.25) is 0 Å². The van der Waals surface area contributed by atoms with Crippen molar-refractivity contribution in [3.63, 3.8) is 0 Å². The molecule has 1 unspecified atom stereocenters. The Bertz CT molecular complexity index is 392. The first-order chi connectivity index (χ1) is 7.18. The zero-order valence-electron chi connectivity index (χ0n) is 8.44. The molecule has 4 nitrogen and oxygen atoms in total. The molecule has 0 aliphatic heterocycles. The zero-order chi connectivity index (χ0) is 10.9. The molecule has 0 radical (unpaired) electrons. The standard InChI is InChI=1S/C11H14N2O2/c12-7-11(5-10(14)15)3-1-8-2-4-13-6-9(8)11/h2,4,6H,1,3,5,7,12H2,(H,14,15). The summed E-state index contributed by atoms with van der Waals surface area (Å²) in [4.78, 5) is 14.9. The smallest absolute Gasteiger partial charge is 0.304 e. The summed E-state index contributed by atoms with van der Waals surface area (Å²) >= 11 is 0. The fraction of sp³-hybridized carbons (Fsp3) is 0.455. The van der Waals surface area contributed by atoms with E-state index < -0.39 is 11.4 Å². The summed E-state index contributed by atoms with van der Waals surface area (Å²) < 4.78 is 0. The molecule has 1 heterocycles. The van der Waals surface area contributed by atoms with Gasteiger partial charge in [0.05, 0.1) is 6.42 Å². The van der Waals surface area contributed by atoms with Crippen LogP contribution in [0.4, 0.5) is 0 Å². The first kappa shape index (κ1) is 10.1. The Morgan fingerprint density at radius 3 is 3.13 bits per heavy atom. The summed E-state index contributed by atoms with van der Waals surface area (Å²) in [6, 6.07) is 1.95. The third-order valence-electron chi connectivity index (χ3n) is 3.24. The summed E-state index contributed by atoms with van der Waals surface area (Å²) in [6.45, 7) is 0.373. The predicted octanol–water partition coefficient (Wildman–Crippen LogP) is 0.699. The van der Waals surface area contributed by atoms with Gasteiger partial charge in [-0.25, -0.2) is 0 Å². The molecule has 1 aromatic heterocycles. The van der Waals surface area contributed by atoms with Crippen molar-refractivity contribution in [1.82, 2.24) is 4.98 Å². The van der Waals surface area contributed by atoms with Crippen molar-refractivity contribution in [2.45, 2.75) is 24.7 Å². The molecular formula is C11H14N2O2. The highest BCUT2D eigenvalue weighted by molar-refractivity contribution is 5.69. The number of aryl methyl sites for hydroxylation is 1. The van der Waals surface area contributed by atoms with E-state index in [0.717, 1.165) is 18.4 Å². The van der Waals surface area contributed by atoms with Gasteiger partial charge in [-0.1, -0.05) is 0 Å². The van der Waals surface area contributed by atoms with Gasteiger partial charge in [0.2, 0.25) is 0 Å². The van der Waals surface area contributed by atoms with Crippen molar-refractivity contribution in [3.8, 4) is 0 Å². The van der Waals surface area contributed by atoms with Crippen LogP contribution >= 0.6 is 0 Å². The predicted molar refractivity (Wildman–Crippen MR) is 55.5 cm³/mol. The molecule has 0 aromatic carbocycles. The van der Waals surface area contributed by atoms with Crippen LogP contribution in [0.3, 0.4) is 0 Å². The number of aromatic nitrogens is 1. The van der Waals surface area contributed by atoms with Gasteiger partial charge in [0.25, 0.3) is 0 Å². The minimum atomic E-state index is -0.794. The highest BCUT2D eigenvalue weighted by atomic mass is 16.4. The second-order valence-electron chi connectivity index (χ2n) is 4.09. The van der Waals surface area contributed by atoms with Crippen molar-refractivity contribution < 1.29 is 9.90 Å². The average Bonchev–Trinajstić information content (AvgIpc) is 2.58. The van der Waals surface area contributed by atoms with Gasteiger partial charge in [0.1, 0.15) is 0 Å². The Hall–Kier alpha value is -1.42. The van der Waals surface area contributed by atoms with Crippen molar-refractivity contribution in [2.24, 2.45) is 5.73 Å². The van der Waals surface area contributed by atoms with Gasteiger partial charge in [-0.05, 0) is 30.0 Å². The Labute approximate surface area is 88.1 Å². The number of hydrogen-bond acceptors (Lipinski definition) is 3. The van der Waals surface area contributed by atoms with Crippen molar-refractivity contribution >= 4 is 5.97 Å². The normalized spacial score (nSPS) is 23.8. The third kappa shape index (κ3) is 1.61. The molecule has 0 amide bonds. The molecule has 1 aliphatic rings. The number of pyridine rings is 1. The Morgan fingerprint density at radius 1 is 1.67 bits per heavy atom. The Kier molecular flexibility index (Phi) is 2.44. The SMILES string of the molecule is NCC1(CC(=O)O)CCc2ccncc21. The number of carboxylic acid groups (broad SMARTS) is 1. The maximum absolute atomic E-state index is 10.9. The molecule has 0 fully saturated rings. The van der Waals surface area contributed by atoms with Crippen LogP contribution in [-0.4, -0.2) is 22.6 Å². The summed E-state index contributed by atoms with van der Waals surface area (Å²) in [6.07, 6.45) is 5.33. The number of hydrogen-bond donors (Lipinski definition) is 2. The summed E-state index contributed by atoms with van der Waals surface area (Å²) in [5.41, 5.74) is 7.56. The zero-order valence-corrected chi connectivity index (χ0v) is 8.44. The fourth-order valence-electron chi connectivity index (χ4n) is 2.38. The van der Waals surface area contributed by atoms with Gasteiger partial charge in [-0.2, -0.15) is 0 Å². The van der Waals surface area contributed by atoms with Gasteiger partial charge < -0.3 is 10.8 Å². The van der Waals surface area contributed by atoms with Crippen LogP contribution in [0.1, 0.15) is 24.0 Å². The van der Waals surface area contributed by atoms with E-state index in [2.05, 4.69) is 4.98 Å². The lowest BCUT2D eigenvalue weighted by molar-refractivity contribution is -0.138. The van der Waals surface area contributed by atoms with E-state index in [4.69, 9.17) is 10.8 Å². The molecule has 4 heteroatoms. The van der Waals surface area contributed by atoms with Gasteiger partial charge in [-0.3, -0.25) is 9.78 Å². The first-order valence-electron chi connectivity index (χ1n) is 5.03. The molecule has 1 aliphatic carbocycles. The molecule has 0 spiro atoms. The number of aliphatic carboxylic acids is 1. The summed E-state index contributed by atoms with van der Waals surface area (Å²) in [7, 11) is 0. The Balaban J connectivity index is 2.41. The average molecular weight is 206 g/mol. The number of carbonyl (C=O) groups is 1. The molecule has 1 aromatic rings. The lowest BCUT2D eigenvalue weighted by Gasteiger charge is -2.26. The monoisotopic (exact) mass is 206 g/mol. The molecule has 0 bridgehead atoms. The van der Waals surface area contributed by atoms with Crippen LogP contribution in [0, 0.1) is 0 Å². The lowest BCUT2D eigenvalue weighted by atomic mass is 9.79. The molecule has 1 atom stereocenters. The lowest BCUT2D eigenvalue weighted by Crippen LogP contribution is -2.35. The second kappa shape index (κ2) is 3.62. The fourth-order valence-corrected chi connectivity index (χ4v) is 2.38. The van der Waals surface area contributed by atoms with Crippen molar-refractivity contribution in [2.75, 3.05) is 6.54 Å². The molecule has 3 N–H and O–H groups in total. The highest BCUT2D eigenvalue weighted by Gasteiger charge is 2.39. The van der Waals surface area contributed by atoms with Crippen LogP contribution < -0.4 is 5.73 Å². The van der Waals surface area contributed by atoms with E-state index >= 15 is 0 Å². The van der Waals surface area contributed by atoms with Gasteiger partial charge >= 0.3 is 5.97 Å². The van der Waals surface area contributed by atoms with Crippen LogP contribution in [0.15, 0.2) is 18.5 Å². The molecule has 2 rings (SSSR count). The van der Waals surface area contributed by atoms with E-state index in [0.29, 0.717) is 6.54 Å². The minimum Gasteiger partial charge on any atom is -0.481 e. The number of rotatable bonds is 3. The van der Waals surface area contributed by atoms with E-state index in [9.17, 15) is 4.79 Å². The second-order valence-corrected chi connectivity index (χ2v) is 4.09. The maximum atomic E-state index is 10.9. The number of carboxylic acids is 1.